The molecule has 136 valence electrons. The summed E-state index contributed by atoms with van der Waals surface area (Å²) in [5.74, 6) is 0.0401. The third-order valence-corrected chi connectivity index (χ3v) is 3.91. The first-order valence-electron chi connectivity index (χ1n) is 8.40. The minimum absolute atomic E-state index is 0.181. The lowest BCUT2D eigenvalue weighted by Crippen LogP contribution is -2.26. The average molecular weight is 363 g/mol. The van der Waals surface area contributed by atoms with Crippen LogP contribution in [0.2, 0.25) is 0 Å². The van der Waals surface area contributed by atoms with E-state index in [0.29, 0.717) is 23.3 Å². The van der Waals surface area contributed by atoms with E-state index in [1.54, 1.807) is 48.5 Å². The number of ether oxygens (including phenoxy) is 2. The molecule has 1 heterocycles. The van der Waals surface area contributed by atoms with Crippen molar-refractivity contribution in [1.82, 2.24) is 9.55 Å². The molecule has 0 spiro atoms. The molecule has 7 heteroatoms. The molecule has 3 rings (SSSR count). The van der Waals surface area contributed by atoms with Crippen LogP contribution >= 0.6 is 0 Å². The molecule has 0 N–H and O–H groups in total. The van der Waals surface area contributed by atoms with Gasteiger partial charge >= 0.3 is 5.97 Å². The number of fused-ring (bicyclic) bond motifs is 1. The molecule has 0 fully saturated rings. The largest absolute Gasteiger partial charge is 0.493 e. The summed E-state index contributed by atoms with van der Waals surface area (Å²) in [6.07, 6.45) is 0. The van der Waals surface area contributed by atoms with Gasteiger partial charge in [-0.05, 0) is 31.2 Å². The van der Waals surface area contributed by atoms with E-state index < -0.39 is 5.97 Å². The minimum atomic E-state index is -0.593. The van der Waals surface area contributed by atoms with Crippen LogP contribution in [0.1, 0.15) is 23.1 Å². The van der Waals surface area contributed by atoms with E-state index in [2.05, 4.69) is 4.98 Å². The summed E-state index contributed by atoms with van der Waals surface area (Å²) in [6.45, 7) is 1.82. The Morgan fingerprint density at radius 1 is 1.19 bits per heavy atom. The second-order valence-electron chi connectivity index (χ2n) is 5.60. The average Bonchev–Trinajstić information content (AvgIpc) is 2.69. The molecule has 3 aromatic rings. The van der Waals surface area contributed by atoms with Crippen LogP contribution in [0.4, 0.5) is 0 Å². The lowest BCUT2D eigenvalue weighted by Gasteiger charge is -2.12. The van der Waals surface area contributed by atoms with Crippen molar-refractivity contribution in [3.8, 4) is 11.8 Å². The second kappa shape index (κ2) is 8.15. The first kappa shape index (κ1) is 18.1. The number of carbonyl (C=O) groups excluding carboxylic acids is 1. The highest BCUT2D eigenvalue weighted by Crippen LogP contribution is 2.19. The van der Waals surface area contributed by atoms with E-state index in [-0.39, 0.29) is 30.1 Å². The maximum Gasteiger partial charge on any atom is 0.342 e. The molecule has 1 aromatic heterocycles. The van der Waals surface area contributed by atoms with Gasteiger partial charge in [-0.2, -0.15) is 5.26 Å². The summed E-state index contributed by atoms with van der Waals surface area (Å²) in [4.78, 5) is 29.4. The van der Waals surface area contributed by atoms with Gasteiger partial charge in [0.2, 0.25) is 0 Å². The van der Waals surface area contributed by atoms with Gasteiger partial charge in [0.05, 0.1) is 23.6 Å². The molecule has 27 heavy (non-hydrogen) atoms. The Hall–Kier alpha value is -3.66. The lowest BCUT2D eigenvalue weighted by molar-refractivity contribution is 0.0453. The summed E-state index contributed by atoms with van der Waals surface area (Å²) < 4.78 is 12.0. The van der Waals surface area contributed by atoms with Gasteiger partial charge in [-0.25, -0.2) is 9.78 Å². The number of benzene rings is 2. The molecule has 2 aromatic carbocycles. The molecule has 0 saturated carbocycles. The normalized spacial score (nSPS) is 10.4. The van der Waals surface area contributed by atoms with Gasteiger partial charge in [0, 0.05) is 0 Å². The summed E-state index contributed by atoms with van der Waals surface area (Å²) in [5, 5.41) is 9.44. The van der Waals surface area contributed by atoms with Crippen LogP contribution in [-0.2, 0) is 17.9 Å². The number of rotatable bonds is 6. The standard InChI is InChI=1S/C20H17N3O4/c1-2-26-17-10-6-4-8-15(17)20(25)27-13-18-22-16-9-5-3-7-14(16)19(24)23(18)12-11-21/h3-10H,2,12-13H2,1H3. The number of aromatic nitrogens is 2. The Morgan fingerprint density at radius 3 is 2.70 bits per heavy atom. The molecule has 0 radical (unpaired) electrons. The number of hydrogen-bond acceptors (Lipinski definition) is 6. The van der Waals surface area contributed by atoms with Crippen LogP contribution in [-0.4, -0.2) is 22.1 Å². The Bertz CT molecular complexity index is 1080. The third-order valence-electron chi connectivity index (χ3n) is 3.91. The molecule has 0 aliphatic carbocycles. The Kier molecular flexibility index (Phi) is 5.47. The zero-order valence-corrected chi connectivity index (χ0v) is 14.7. The van der Waals surface area contributed by atoms with Gasteiger partial charge < -0.3 is 9.47 Å². The highest BCUT2D eigenvalue weighted by Gasteiger charge is 2.16. The van der Waals surface area contributed by atoms with Gasteiger partial charge in [0.25, 0.3) is 5.56 Å². The topological polar surface area (TPSA) is 94.2 Å². The zero-order valence-electron chi connectivity index (χ0n) is 14.7. The maximum atomic E-state index is 12.6. The quantitative estimate of drug-likeness (QED) is 0.625. The molecule has 0 atom stereocenters. The third kappa shape index (κ3) is 3.80. The highest BCUT2D eigenvalue weighted by atomic mass is 16.5. The molecule has 0 amide bonds. The first-order chi connectivity index (χ1) is 13.2. The van der Waals surface area contributed by atoms with Crippen molar-refractivity contribution >= 4 is 16.9 Å². The molecule has 0 aliphatic heterocycles. The highest BCUT2D eigenvalue weighted by molar-refractivity contribution is 5.92. The number of nitriles is 1. The van der Waals surface area contributed by atoms with Gasteiger partial charge in [-0.1, -0.05) is 24.3 Å². The summed E-state index contributed by atoms with van der Waals surface area (Å²) in [5.41, 5.74) is 0.426. The van der Waals surface area contributed by atoms with Crippen LogP contribution in [0.15, 0.2) is 53.3 Å². The number of esters is 1. The number of para-hydroxylation sites is 2. The smallest absolute Gasteiger partial charge is 0.342 e. The molecule has 7 nitrogen and oxygen atoms in total. The van der Waals surface area contributed by atoms with Crippen LogP contribution < -0.4 is 10.3 Å². The van der Waals surface area contributed by atoms with Crippen molar-refractivity contribution in [2.75, 3.05) is 6.61 Å². The fourth-order valence-electron chi connectivity index (χ4n) is 2.68. The van der Waals surface area contributed by atoms with Crippen LogP contribution in [0, 0.1) is 11.3 Å². The monoisotopic (exact) mass is 363 g/mol. The van der Waals surface area contributed by atoms with Crippen LogP contribution in [0.3, 0.4) is 0 Å². The van der Waals surface area contributed by atoms with Crippen LogP contribution in [0.25, 0.3) is 10.9 Å². The number of carbonyl (C=O) groups is 1. The molecular formula is C20H17N3O4. The summed E-state index contributed by atoms with van der Waals surface area (Å²) in [6, 6.07) is 15.5. The predicted molar refractivity (Wildman–Crippen MR) is 98.3 cm³/mol. The van der Waals surface area contributed by atoms with Crippen LogP contribution in [0.5, 0.6) is 5.75 Å². The predicted octanol–water partition coefficient (Wildman–Crippen LogP) is 2.68. The van der Waals surface area contributed by atoms with Crippen molar-refractivity contribution in [2.24, 2.45) is 0 Å². The Balaban J connectivity index is 1.91. The fourth-order valence-corrected chi connectivity index (χ4v) is 2.68. The van der Waals surface area contributed by atoms with E-state index in [1.807, 2.05) is 13.0 Å². The molecule has 0 saturated heterocycles. The molecule has 0 unspecified atom stereocenters. The number of nitrogens with zero attached hydrogens (tertiary/aromatic N) is 3. The zero-order chi connectivity index (χ0) is 19.2. The van der Waals surface area contributed by atoms with E-state index in [1.165, 1.54) is 4.57 Å². The van der Waals surface area contributed by atoms with Crippen molar-refractivity contribution in [2.45, 2.75) is 20.1 Å². The van der Waals surface area contributed by atoms with Crippen molar-refractivity contribution in [3.05, 3.63) is 70.3 Å². The van der Waals surface area contributed by atoms with E-state index in [4.69, 9.17) is 14.7 Å². The molecule has 0 aliphatic rings. The van der Waals surface area contributed by atoms with Gasteiger partial charge in [-0.3, -0.25) is 9.36 Å². The second-order valence-corrected chi connectivity index (χ2v) is 5.60. The SMILES string of the molecule is CCOc1ccccc1C(=O)OCc1nc2ccccc2c(=O)n1CC#N. The fraction of sp³-hybridized carbons (Fsp3) is 0.200. The van der Waals surface area contributed by atoms with Gasteiger partial charge in [-0.15, -0.1) is 0 Å². The van der Waals surface area contributed by atoms with Crippen molar-refractivity contribution < 1.29 is 14.3 Å². The summed E-state index contributed by atoms with van der Waals surface area (Å²) >= 11 is 0. The number of hydrogen-bond donors (Lipinski definition) is 0. The maximum absolute atomic E-state index is 12.6. The first-order valence-corrected chi connectivity index (χ1v) is 8.40. The van der Waals surface area contributed by atoms with Crippen molar-refractivity contribution in [1.29, 1.82) is 5.26 Å². The minimum Gasteiger partial charge on any atom is -0.493 e. The Morgan fingerprint density at radius 2 is 1.93 bits per heavy atom. The lowest BCUT2D eigenvalue weighted by atomic mass is 10.2. The van der Waals surface area contributed by atoms with E-state index in [0.717, 1.165) is 0 Å². The van der Waals surface area contributed by atoms with E-state index in [9.17, 15) is 9.59 Å². The molecule has 0 bridgehead atoms. The Labute approximate surface area is 155 Å². The van der Waals surface area contributed by atoms with Gasteiger partial charge in [0.15, 0.2) is 5.82 Å². The van der Waals surface area contributed by atoms with Crippen molar-refractivity contribution in [3.63, 3.8) is 0 Å². The van der Waals surface area contributed by atoms with Gasteiger partial charge in [0.1, 0.15) is 24.5 Å². The molecular weight excluding hydrogens is 346 g/mol. The summed E-state index contributed by atoms with van der Waals surface area (Å²) in [7, 11) is 0. The van der Waals surface area contributed by atoms with E-state index >= 15 is 0 Å².